The van der Waals surface area contributed by atoms with Crippen LogP contribution in [0, 0.1) is 0 Å². The van der Waals surface area contributed by atoms with E-state index < -0.39 is 10.0 Å². The van der Waals surface area contributed by atoms with Gasteiger partial charge in [0.2, 0.25) is 0 Å². The van der Waals surface area contributed by atoms with Crippen molar-refractivity contribution in [1.29, 1.82) is 3.70 Å². The number of rotatable bonds is 1. The Bertz CT molecular complexity index is 258. The maximum absolute atomic E-state index is 8.95. The van der Waals surface area contributed by atoms with Gasteiger partial charge in [0.25, 0.3) is 0 Å². The lowest BCUT2D eigenvalue weighted by molar-refractivity contribution is 0.476. The molecular formula is C6H8OSi. The molecule has 1 aromatic rings. The van der Waals surface area contributed by atoms with Crippen LogP contribution in [0.3, 0.4) is 0 Å². The lowest BCUT2D eigenvalue weighted by Crippen LogP contribution is -1.97. The number of hydrogen-bond donors (Lipinski definition) is 1. The Morgan fingerprint density at radius 3 is 3.00 bits per heavy atom. The Hall–Kier alpha value is -0.763. The van der Waals surface area contributed by atoms with Gasteiger partial charge in [-0.15, -0.1) is 0 Å². The van der Waals surface area contributed by atoms with Gasteiger partial charge < -0.3 is 5.11 Å². The van der Waals surface area contributed by atoms with Crippen LogP contribution in [0.2, 0.25) is 0 Å². The van der Waals surface area contributed by atoms with Crippen molar-refractivity contribution in [3.05, 3.63) is 24.3 Å². The molecule has 8 heavy (non-hydrogen) atoms. The molecule has 0 atom stereocenters. The van der Waals surface area contributed by atoms with E-state index in [1.165, 1.54) is 18.2 Å². The van der Waals surface area contributed by atoms with Crippen molar-refractivity contribution in [2.24, 2.45) is 0 Å². The molecule has 0 aliphatic carbocycles. The van der Waals surface area contributed by atoms with E-state index in [-0.39, 0.29) is 5.75 Å². The van der Waals surface area contributed by atoms with Crippen LogP contribution in [-0.2, 0) is 0 Å². The quantitative estimate of drug-likeness (QED) is 0.502. The number of hydrogen-bond acceptors (Lipinski definition) is 1. The van der Waals surface area contributed by atoms with Crippen LogP contribution in [0.25, 0.3) is 0 Å². The highest BCUT2D eigenvalue weighted by Gasteiger charge is 1.83. The molecule has 1 N–H and O–H groups in total. The molecule has 42 valence electrons. The van der Waals surface area contributed by atoms with Gasteiger partial charge in [0, 0.05) is 13.7 Å². The van der Waals surface area contributed by atoms with Crippen molar-refractivity contribution >= 4 is 15.2 Å². The van der Waals surface area contributed by atoms with E-state index in [4.69, 9.17) is 8.81 Å². The molecule has 1 aromatic carbocycles. The Balaban J connectivity index is 3.06. The fraction of sp³-hybridized carbons (Fsp3) is 0. The molecule has 0 heterocycles. The molecule has 0 saturated heterocycles. The summed E-state index contributed by atoms with van der Waals surface area (Å²) < 4.78 is 21.4. The van der Waals surface area contributed by atoms with E-state index in [0.29, 0.717) is 5.19 Å². The van der Waals surface area contributed by atoms with Gasteiger partial charge in [-0.3, -0.25) is 0 Å². The highest BCUT2D eigenvalue weighted by Crippen LogP contribution is 2.00. The van der Waals surface area contributed by atoms with Crippen molar-refractivity contribution in [2.75, 3.05) is 0 Å². The van der Waals surface area contributed by atoms with Gasteiger partial charge in [-0.25, -0.2) is 0 Å². The van der Waals surface area contributed by atoms with E-state index in [1.54, 1.807) is 6.07 Å². The molecule has 0 radical (unpaired) electrons. The molecule has 0 amide bonds. The van der Waals surface area contributed by atoms with Gasteiger partial charge in [0.15, 0.2) is 0 Å². The summed E-state index contributed by atoms with van der Waals surface area (Å²) in [5.74, 6) is 0.0196. The van der Waals surface area contributed by atoms with Crippen LogP contribution in [0.5, 0.6) is 5.75 Å². The molecule has 0 aromatic heterocycles. The van der Waals surface area contributed by atoms with Crippen molar-refractivity contribution in [3.8, 4) is 5.75 Å². The van der Waals surface area contributed by atoms with E-state index in [0.717, 1.165) is 0 Å². The Kier molecular flexibility index (Phi) is 0.673. The average molecular weight is 130 g/mol. The van der Waals surface area contributed by atoms with E-state index in [9.17, 15) is 0 Å². The highest BCUT2D eigenvalue weighted by atomic mass is 28.1. The average Bonchev–Trinajstić information content (AvgIpc) is 1.86. The normalized spacial score (nSPS) is 16.2. The molecule has 0 aliphatic heterocycles. The summed E-state index contributed by atoms with van der Waals surface area (Å²) in [6.45, 7) is 0. The lowest BCUT2D eigenvalue weighted by Gasteiger charge is -1.90. The van der Waals surface area contributed by atoms with Crippen LogP contribution in [0.4, 0.5) is 0 Å². The Morgan fingerprint density at radius 1 is 1.62 bits per heavy atom. The number of phenols is 1. The fourth-order valence-corrected chi connectivity index (χ4v) is 0.750. The first-order chi connectivity index (χ1) is 5.00. The van der Waals surface area contributed by atoms with Crippen LogP contribution in [-0.4, -0.2) is 18.9 Å². The summed E-state index contributed by atoms with van der Waals surface area (Å²) in [6, 6.07) is 5.84. The maximum atomic E-state index is 8.95. The summed E-state index contributed by atoms with van der Waals surface area (Å²) in [5.41, 5.74) is 0. The zero-order chi connectivity index (χ0) is 8.48. The maximum Gasteiger partial charge on any atom is 0.115 e. The van der Waals surface area contributed by atoms with Gasteiger partial charge >= 0.3 is 0 Å². The fourth-order valence-electron chi connectivity index (χ4n) is 0.506. The first kappa shape index (κ1) is 2.69. The summed E-state index contributed by atoms with van der Waals surface area (Å²) >= 11 is 0. The molecule has 1 rings (SSSR count). The molecule has 0 fully saturated rings. The second-order valence-electron chi connectivity index (χ2n) is 1.55. The second-order valence-corrected chi connectivity index (χ2v) is 2.13. The SMILES string of the molecule is [3H][Si]([3H])([3H])c1cccc(O)c1. The summed E-state index contributed by atoms with van der Waals surface area (Å²) in [6.07, 6.45) is 0. The van der Waals surface area contributed by atoms with E-state index in [1.807, 2.05) is 0 Å². The van der Waals surface area contributed by atoms with Crippen molar-refractivity contribution in [3.63, 3.8) is 0 Å². The van der Waals surface area contributed by atoms with Gasteiger partial charge in [0.05, 0.1) is 0 Å². The lowest BCUT2D eigenvalue weighted by atomic mass is 10.3. The zero-order valence-electron chi connectivity index (χ0n) is 7.26. The zero-order valence-corrected chi connectivity index (χ0v) is 5.26. The molecule has 2 heteroatoms. The van der Waals surface area contributed by atoms with Crippen LogP contribution >= 0.6 is 0 Å². The van der Waals surface area contributed by atoms with Crippen molar-refractivity contribution in [1.82, 2.24) is 0 Å². The largest absolute Gasteiger partial charge is 0.508 e. The standard InChI is InChI=1S/C6H8OSi/c7-5-2-1-3-6(8)4-5/h1-4,7H,8H3/i8T3. The third kappa shape index (κ3) is 1.10. The number of phenolic OH excluding ortho intramolecular Hbond substituents is 1. The number of benzene rings is 1. The predicted octanol–water partition coefficient (Wildman–Crippen LogP) is -0.617. The Labute approximate surface area is 55.1 Å². The van der Waals surface area contributed by atoms with E-state index >= 15 is 0 Å². The highest BCUT2D eigenvalue weighted by molar-refractivity contribution is 6.32. The first-order valence-corrected chi connectivity index (χ1v) is 2.79. The van der Waals surface area contributed by atoms with Gasteiger partial charge in [-0.05, 0) is 12.1 Å². The summed E-state index contributed by atoms with van der Waals surface area (Å²) in [4.78, 5) is 0. The van der Waals surface area contributed by atoms with Crippen LogP contribution in [0.1, 0.15) is 0 Å². The van der Waals surface area contributed by atoms with Gasteiger partial charge in [-0.1, -0.05) is 17.3 Å². The molecular weight excluding hydrogens is 116 g/mol. The molecule has 0 saturated carbocycles. The van der Waals surface area contributed by atoms with Crippen molar-refractivity contribution < 1.29 is 5.11 Å². The molecule has 0 unspecified atom stereocenters. The minimum atomic E-state index is -3.47. The third-order valence-electron chi connectivity index (χ3n) is 0.846. The van der Waals surface area contributed by atoms with Gasteiger partial charge in [0.1, 0.15) is 5.75 Å². The topological polar surface area (TPSA) is 20.2 Å². The molecule has 0 aliphatic rings. The number of aromatic hydroxyl groups is 1. The van der Waals surface area contributed by atoms with Crippen LogP contribution < -0.4 is 5.19 Å². The summed E-state index contributed by atoms with van der Waals surface area (Å²) in [7, 11) is -3.47. The first-order valence-electron chi connectivity index (χ1n) is 3.79. The molecule has 1 nitrogen and oxygen atoms in total. The molecule has 0 spiro atoms. The van der Waals surface area contributed by atoms with Crippen LogP contribution in [0.15, 0.2) is 24.3 Å². The smallest absolute Gasteiger partial charge is 0.115 e. The molecule has 0 bridgehead atoms. The van der Waals surface area contributed by atoms with Gasteiger partial charge in [-0.2, -0.15) is 0 Å². The minimum absolute atomic E-state index is 0.0196. The second kappa shape index (κ2) is 2.00. The summed E-state index contributed by atoms with van der Waals surface area (Å²) in [5, 5.41) is 9.25. The Morgan fingerprint density at radius 2 is 2.50 bits per heavy atom. The minimum Gasteiger partial charge on any atom is -0.508 e. The predicted molar refractivity (Wildman–Crippen MR) is 37.7 cm³/mol. The third-order valence-corrected chi connectivity index (χ3v) is 1.16. The van der Waals surface area contributed by atoms with Crippen molar-refractivity contribution in [2.45, 2.75) is 0 Å². The van der Waals surface area contributed by atoms with E-state index in [2.05, 4.69) is 0 Å². The monoisotopic (exact) mass is 130 g/mol.